The Kier molecular flexibility index (Phi) is 5.55. The van der Waals surface area contributed by atoms with E-state index in [1.807, 2.05) is 13.8 Å². The number of carbonyl (C=O) groups excluding carboxylic acids is 2. The van der Waals surface area contributed by atoms with Crippen LogP contribution < -0.4 is 10.6 Å². The van der Waals surface area contributed by atoms with Gasteiger partial charge in [0.2, 0.25) is 0 Å². The summed E-state index contributed by atoms with van der Waals surface area (Å²) in [5, 5.41) is 5.98. The number of esters is 1. The molecule has 124 valence electrons. The van der Waals surface area contributed by atoms with Crippen molar-refractivity contribution in [3.63, 3.8) is 0 Å². The van der Waals surface area contributed by atoms with Gasteiger partial charge in [-0.15, -0.1) is 0 Å². The summed E-state index contributed by atoms with van der Waals surface area (Å²) in [6.07, 6.45) is 0. The third-order valence-electron chi connectivity index (χ3n) is 3.39. The first kappa shape index (κ1) is 17.6. The molecule has 2 unspecified atom stereocenters. The first-order valence-corrected chi connectivity index (χ1v) is 7.93. The number of benzene rings is 1. The number of hydrogen-bond donors (Lipinski definition) is 2. The number of ether oxygens (including phenoxy) is 1. The number of urea groups is 1. The third kappa shape index (κ3) is 4.18. The monoisotopic (exact) mass is 356 g/mol. The molecule has 0 aromatic heterocycles. The highest BCUT2D eigenvalue weighted by Crippen LogP contribution is 2.33. The fourth-order valence-corrected chi connectivity index (χ4v) is 2.59. The SMILES string of the molecule is C=C1NC(=O)NC(c2ccc(Cl)c(Cl)c2)C1C(=O)OCC(C)C. The van der Waals surface area contributed by atoms with Gasteiger partial charge in [0.15, 0.2) is 0 Å². The minimum atomic E-state index is -0.747. The quantitative estimate of drug-likeness (QED) is 0.808. The maximum atomic E-state index is 12.4. The molecule has 1 aromatic rings. The highest BCUT2D eigenvalue weighted by molar-refractivity contribution is 6.42. The standard InChI is InChI=1S/C16H18Cl2N2O3/c1-8(2)7-23-15(21)13-9(3)19-16(22)20-14(13)10-4-5-11(17)12(18)6-10/h4-6,8,13-14H,3,7H2,1-2H3,(H2,19,20,22). The van der Waals surface area contributed by atoms with Crippen LogP contribution >= 0.6 is 23.2 Å². The van der Waals surface area contributed by atoms with Gasteiger partial charge in [-0.25, -0.2) is 4.79 Å². The number of rotatable bonds is 4. The topological polar surface area (TPSA) is 67.4 Å². The second kappa shape index (κ2) is 7.23. The molecule has 5 nitrogen and oxygen atoms in total. The molecule has 1 fully saturated rings. The van der Waals surface area contributed by atoms with E-state index in [-0.39, 0.29) is 5.92 Å². The molecule has 0 saturated carbocycles. The first-order chi connectivity index (χ1) is 10.8. The Balaban J connectivity index is 2.31. The number of hydrogen-bond acceptors (Lipinski definition) is 3. The summed E-state index contributed by atoms with van der Waals surface area (Å²) >= 11 is 12.0. The minimum absolute atomic E-state index is 0.210. The van der Waals surface area contributed by atoms with Crippen LogP contribution in [-0.4, -0.2) is 18.6 Å². The lowest BCUT2D eigenvalue weighted by Gasteiger charge is -2.33. The van der Waals surface area contributed by atoms with E-state index in [1.165, 1.54) is 0 Å². The fourth-order valence-electron chi connectivity index (χ4n) is 2.28. The molecule has 1 saturated heterocycles. The molecule has 2 N–H and O–H groups in total. The highest BCUT2D eigenvalue weighted by Gasteiger charge is 2.39. The van der Waals surface area contributed by atoms with Gasteiger partial charge in [-0.05, 0) is 23.6 Å². The van der Waals surface area contributed by atoms with E-state index in [1.54, 1.807) is 18.2 Å². The Morgan fingerprint density at radius 1 is 1.35 bits per heavy atom. The maximum Gasteiger partial charge on any atom is 0.319 e. The van der Waals surface area contributed by atoms with Crippen molar-refractivity contribution >= 4 is 35.2 Å². The summed E-state index contributed by atoms with van der Waals surface area (Å²) in [6, 6.07) is 3.90. The Labute approximate surface area is 145 Å². The van der Waals surface area contributed by atoms with E-state index in [2.05, 4.69) is 17.2 Å². The van der Waals surface area contributed by atoms with Crippen LogP contribution in [0.4, 0.5) is 4.79 Å². The number of carbonyl (C=O) groups is 2. The molecule has 1 aliphatic heterocycles. The average molecular weight is 357 g/mol. The van der Waals surface area contributed by atoms with Crippen LogP contribution in [0.3, 0.4) is 0 Å². The van der Waals surface area contributed by atoms with Crippen LogP contribution in [0.1, 0.15) is 25.5 Å². The lowest BCUT2D eigenvalue weighted by Crippen LogP contribution is -2.51. The third-order valence-corrected chi connectivity index (χ3v) is 4.12. The molecular weight excluding hydrogens is 339 g/mol. The van der Waals surface area contributed by atoms with Gasteiger partial charge < -0.3 is 15.4 Å². The maximum absolute atomic E-state index is 12.4. The molecule has 7 heteroatoms. The van der Waals surface area contributed by atoms with Crippen LogP contribution in [0.5, 0.6) is 0 Å². The summed E-state index contributed by atoms with van der Waals surface area (Å²) in [5.74, 6) is -0.988. The van der Waals surface area contributed by atoms with E-state index >= 15 is 0 Å². The Morgan fingerprint density at radius 2 is 2.04 bits per heavy atom. The van der Waals surface area contributed by atoms with E-state index in [0.717, 1.165) is 0 Å². The van der Waals surface area contributed by atoms with Crippen molar-refractivity contribution in [1.29, 1.82) is 0 Å². The second-order valence-electron chi connectivity index (χ2n) is 5.78. The molecule has 0 spiro atoms. The molecule has 2 amide bonds. The normalized spacial score (nSPS) is 20.9. The van der Waals surface area contributed by atoms with Crippen molar-refractivity contribution in [2.24, 2.45) is 11.8 Å². The van der Waals surface area contributed by atoms with Crippen LogP contribution in [0.2, 0.25) is 10.0 Å². The zero-order valence-corrected chi connectivity index (χ0v) is 14.4. The van der Waals surface area contributed by atoms with Gasteiger partial charge in [0.05, 0.1) is 22.7 Å². The van der Waals surface area contributed by atoms with Crippen molar-refractivity contribution < 1.29 is 14.3 Å². The molecule has 1 aliphatic rings. The molecule has 1 heterocycles. The van der Waals surface area contributed by atoms with E-state index < -0.39 is 24.0 Å². The zero-order chi connectivity index (χ0) is 17.1. The summed E-state index contributed by atoms with van der Waals surface area (Å²) < 4.78 is 5.30. The highest BCUT2D eigenvalue weighted by atomic mass is 35.5. The Morgan fingerprint density at radius 3 is 2.65 bits per heavy atom. The van der Waals surface area contributed by atoms with Crippen molar-refractivity contribution in [2.75, 3.05) is 6.61 Å². The largest absolute Gasteiger partial charge is 0.465 e. The van der Waals surface area contributed by atoms with Crippen molar-refractivity contribution in [1.82, 2.24) is 10.6 Å². The molecular formula is C16H18Cl2N2O3. The molecule has 2 atom stereocenters. The Bertz CT molecular complexity index is 646. The average Bonchev–Trinajstić information content (AvgIpc) is 2.46. The Hall–Kier alpha value is -1.72. The predicted octanol–water partition coefficient (Wildman–Crippen LogP) is 3.68. The molecule has 0 bridgehead atoms. The summed E-state index contributed by atoms with van der Waals surface area (Å²) in [6.45, 7) is 7.96. The summed E-state index contributed by atoms with van der Waals surface area (Å²) in [4.78, 5) is 24.2. The van der Waals surface area contributed by atoms with Gasteiger partial charge in [-0.1, -0.05) is 49.7 Å². The molecule has 0 aliphatic carbocycles. The van der Waals surface area contributed by atoms with Crippen LogP contribution in [0.15, 0.2) is 30.5 Å². The molecule has 0 radical (unpaired) electrons. The van der Waals surface area contributed by atoms with Crippen molar-refractivity contribution in [3.8, 4) is 0 Å². The smallest absolute Gasteiger partial charge is 0.319 e. The minimum Gasteiger partial charge on any atom is -0.465 e. The zero-order valence-electron chi connectivity index (χ0n) is 12.9. The van der Waals surface area contributed by atoms with Gasteiger partial charge in [0.1, 0.15) is 5.92 Å². The van der Waals surface area contributed by atoms with Gasteiger partial charge >= 0.3 is 12.0 Å². The van der Waals surface area contributed by atoms with E-state index in [0.29, 0.717) is 27.9 Å². The van der Waals surface area contributed by atoms with Crippen LogP contribution in [0.25, 0.3) is 0 Å². The van der Waals surface area contributed by atoms with Gasteiger partial charge in [0, 0.05) is 5.70 Å². The lowest BCUT2D eigenvalue weighted by molar-refractivity contribution is -0.149. The van der Waals surface area contributed by atoms with Crippen LogP contribution in [-0.2, 0) is 9.53 Å². The summed E-state index contributed by atoms with van der Waals surface area (Å²) in [7, 11) is 0. The number of nitrogens with one attached hydrogen (secondary N) is 2. The van der Waals surface area contributed by atoms with Gasteiger partial charge in [-0.2, -0.15) is 0 Å². The molecule has 2 rings (SSSR count). The summed E-state index contributed by atoms with van der Waals surface area (Å²) in [5.41, 5.74) is 0.945. The van der Waals surface area contributed by atoms with Crippen molar-refractivity contribution in [3.05, 3.63) is 46.1 Å². The predicted molar refractivity (Wildman–Crippen MR) is 89.3 cm³/mol. The van der Waals surface area contributed by atoms with E-state index in [4.69, 9.17) is 27.9 Å². The first-order valence-electron chi connectivity index (χ1n) is 7.17. The van der Waals surface area contributed by atoms with Crippen LogP contribution in [0, 0.1) is 11.8 Å². The fraction of sp³-hybridized carbons (Fsp3) is 0.375. The lowest BCUT2D eigenvalue weighted by atomic mass is 9.89. The van der Waals surface area contributed by atoms with E-state index in [9.17, 15) is 9.59 Å². The molecule has 1 aromatic carbocycles. The number of halogens is 2. The number of amides is 2. The van der Waals surface area contributed by atoms with Gasteiger partial charge in [0.25, 0.3) is 0 Å². The second-order valence-corrected chi connectivity index (χ2v) is 6.59. The molecule has 23 heavy (non-hydrogen) atoms. The van der Waals surface area contributed by atoms with Gasteiger partial charge in [-0.3, -0.25) is 4.79 Å². The van der Waals surface area contributed by atoms with Crippen molar-refractivity contribution in [2.45, 2.75) is 19.9 Å².